The number of amides is 1. The molecule has 2 aliphatic carbocycles. The smallest absolute Gasteiger partial charge is 0.318 e. The minimum Gasteiger partial charge on any atom is -0.463 e. The molecule has 3 atom stereocenters. The molecule has 7 rings (SSSR count). The Morgan fingerprint density at radius 1 is 0.938 bits per heavy atom. The van der Waals surface area contributed by atoms with Crippen molar-refractivity contribution in [2.45, 2.75) is 89.6 Å². The number of rotatable bonds is 10. The quantitative estimate of drug-likeness (QED) is 0.211. The minimum atomic E-state index is -0.218. The zero-order chi connectivity index (χ0) is 32.9. The van der Waals surface area contributed by atoms with E-state index in [2.05, 4.69) is 64.9 Å². The lowest BCUT2D eigenvalue weighted by molar-refractivity contribution is -0.128. The van der Waals surface area contributed by atoms with Crippen LogP contribution in [-0.4, -0.2) is 59.6 Å². The normalized spacial score (nSPS) is 23.1. The van der Waals surface area contributed by atoms with E-state index in [0.29, 0.717) is 44.7 Å². The first kappa shape index (κ1) is 32.4. The van der Waals surface area contributed by atoms with E-state index >= 15 is 0 Å². The second-order valence-electron chi connectivity index (χ2n) is 14.6. The molecule has 3 aromatic rings. The van der Waals surface area contributed by atoms with Gasteiger partial charge >= 0.3 is 6.01 Å². The Morgan fingerprint density at radius 2 is 1.75 bits per heavy atom. The van der Waals surface area contributed by atoms with Crippen LogP contribution < -0.4 is 14.5 Å². The van der Waals surface area contributed by atoms with E-state index in [0.717, 1.165) is 41.9 Å². The predicted octanol–water partition coefficient (Wildman–Crippen LogP) is 7.46. The van der Waals surface area contributed by atoms with E-state index in [9.17, 15) is 10.1 Å². The average molecular weight is 647 g/mol. The third kappa shape index (κ3) is 7.16. The highest BCUT2D eigenvalue weighted by Crippen LogP contribution is 2.38. The van der Waals surface area contributed by atoms with Crippen LogP contribution in [0.4, 0.5) is 11.5 Å². The Morgan fingerprint density at radius 3 is 2.60 bits per heavy atom. The van der Waals surface area contributed by atoms with Crippen molar-refractivity contribution in [2.75, 3.05) is 42.6 Å². The molecule has 48 heavy (non-hydrogen) atoms. The molecular formula is C40H50N6O2. The van der Waals surface area contributed by atoms with Gasteiger partial charge in [-0.2, -0.15) is 15.2 Å². The van der Waals surface area contributed by atoms with Crippen LogP contribution in [0.3, 0.4) is 0 Å². The fourth-order valence-corrected chi connectivity index (χ4v) is 8.87. The minimum absolute atomic E-state index is 0.122. The summed E-state index contributed by atoms with van der Waals surface area (Å²) in [5.41, 5.74) is 3.38. The molecular weight excluding hydrogens is 596 g/mol. The third-order valence-corrected chi connectivity index (χ3v) is 11.5. The summed E-state index contributed by atoms with van der Waals surface area (Å²) in [6, 6.07) is 17.6. The van der Waals surface area contributed by atoms with Crippen LogP contribution in [0.15, 0.2) is 55.1 Å². The number of aromatic nitrogens is 2. The molecule has 1 amide bonds. The molecule has 0 bridgehead atoms. The first-order valence-electron chi connectivity index (χ1n) is 18.4. The van der Waals surface area contributed by atoms with E-state index < -0.39 is 0 Å². The largest absolute Gasteiger partial charge is 0.463 e. The Balaban J connectivity index is 1.10. The van der Waals surface area contributed by atoms with Crippen LogP contribution in [0.2, 0.25) is 0 Å². The maximum atomic E-state index is 12.6. The van der Waals surface area contributed by atoms with Crippen molar-refractivity contribution in [3.8, 4) is 12.1 Å². The second kappa shape index (κ2) is 15.0. The van der Waals surface area contributed by atoms with Gasteiger partial charge in [-0.15, -0.1) is 0 Å². The molecule has 3 fully saturated rings. The topological polar surface area (TPSA) is 85.6 Å². The van der Waals surface area contributed by atoms with Crippen molar-refractivity contribution in [1.82, 2.24) is 14.9 Å². The second-order valence-corrected chi connectivity index (χ2v) is 14.6. The Kier molecular flexibility index (Phi) is 10.1. The number of hydrogen-bond acceptors (Lipinski definition) is 7. The fraction of sp³-hybridized carbons (Fsp3) is 0.550. The molecule has 252 valence electrons. The van der Waals surface area contributed by atoms with Crippen molar-refractivity contribution >= 4 is 28.2 Å². The van der Waals surface area contributed by atoms with Crippen LogP contribution in [0.1, 0.15) is 81.9 Å². The Labute approximate surface area is 285 Å². The van der Waals surface area contributed by atoms with Crippen LogP contribution in [0.25, 0.3) is 10.8 Å². The van der Waals surface area contributed by atoms with Crippen molar-refractivity contribution in [1.29, 1.82) is 5.26 Å². The fourth-order valence-electron chi connectivity index (χ4n) is 8.87. The number of anilines is 2. The summed E-state index contributed by atoms with van der Waals surface area (Å²) in [7, 11) is 0. The monoisotopic (exact) mass is 646 g/mol. The van der Waals surface area contributed by atoms with Gasteiger partial charge in [-0.05, 0) is 54.5 Å². The summed E-state index contributed by atoms with van der Waals surface area (Å²) in [6.45, 7) is 7.60. The molecule has 0 spiro atoms. The van der Waals surface area contributed by atoms with Crippen LogP contribution >= 0.6 is 0 Å². The Bertz CT molecular complexity index is 1640. The molecule has 4 aliphatic rings. The van der Waals surface area contributed by atoms with E-state index in [1.165, 1.54) is 86.7 Å². The number of carbonyl (C=O) groups excluding carboxylic acids is 1. The van der Waals surface area contributed by atoms with Gasteiger partial charge < -0.3 is 19.4 Å². The number of piperazine rings is 1. The number of nitrogens with zero attached hydrogens (tertiary/aromatic N) is 6. The summed E-state index contributed by atoms with van der Waals surface area (Å²) in [6.07, 6.45) is 16.1. The molecule has 3 heterocycles. The number of benzene rings is 2. The summed E-state index contributed by atoms with van der Waals surface area (Å²) >= 11 is 0. The van der Waals surface area contributed by atoms with E-state index in [1.54, 1.807) is 4.90 Å². The number of nitriles is 1. The van der Waals surface area contributed by atoms with Crippen molar-refractivity contribution in [3.63, 3.8) is 0 Å². The summed E-state index contributed by atoms with van der Waals surface area (Å²) in [5, 5.41) is 12.1. The molecule has 2 aromatic carbocycles. The first-order chi connectivity index (χ1) is 23.6. The first-order valence-corrected chi connectivity index (χ1v) is 18.4. The van der Waals surface area contributed by atoms with Gasteiger partial charge in [-0.1, -0.05) is 94.3 Å². The third-order valence-electron chi connectivity index (χ3n) is 11.5. The summed E-state index contributed by atoms with van der Waals surface area (Å²) in [4.78, 5) is 29.3. The lowest BCUT2D eigenvalue weighted by Crippen LogP contribution is -2.55. The maximum absolute atomic E-state index is 12.6. The number of carbonyl (C=O) groups is 1. The highest BCUT2D eigenvalue weighted by Gasteiger charge is 2.34. The lowest BCUT2D eigenvalue weighted by Gasteiger charge is -2.42. The maximum Gasteiger partial charge on any atom is 0.318 e. The van der Waals surface area contributed by atoms with Gasteiger partial charge in [0.05, 0.1) is 37.4 Å². The van der Waals surface area contributed by atoms with Gasteiger partial charge in [0.15, 0.2) is 0 Å². The SMILES string of the molecule is C=CC(=O)N1CCN(c2nc(OCC3CCC(CCC4CCCCC4)C3)nc3c2CCN(c2cccc4ccccc24)C3)CC1CC#N. The van der Waals surface area contributed by atoms with Gasteiger partial charge in [0.1, 0.15) is 5.82 Å². The molecule has 1 saturated heterocycles. The number of ether oxygens (including phenoxy) is 1. The molecule has 2 saturated carbocycles. The van der Waals surface area contributed by atoms with Gasteiger partial charge in [0, 0.05) is 42.8 Å². The van der Waals surface area contributed by atoms with E-state index in [-0.39, 0.29) is 18.4 Å². The molecule has 8 heteroatoms. The van der Waals surface area contributed by atoms with E-state index in [4.69, 9.17) is 14.7 Å². The van der Waals surface area contributed by atoms with Gasteiger partial charge in [-0.25, -0.2) is 0 Å². The molecule has 3 unspecified atom stereocenters. The van der Waals surface area contributed by atoms with Gasteiger partial charge in [0.2, 0.25) is 5.91 Å². The predicted molar refractivity (Wildman–Crippen MR) is 191 cm³/mol. The lowest BCUT2D eigenvalue weighted by atomic mass is 9.84. The molecule has 0 N–H and O–H groups in total. The van der Waals surface area contributed by atoms with Crippen LogP contribution in [0.5, 0.6) is 6.01 Å². The number of hydrogen-bond donors (Lipinski definition) is 0. The highest BCUT2D eigenvalue weighted by molar-refractivity contribution is 5.94. The summed E-state index contributed by atoms with van der Waals surface area (Å²) in [5.74, 6) is 3.10. The van der Waals surface area contributed by atoms with Crippen LogP contribution in [-0.2, 0) is 17.8 Å². The molecule has 0 radical (unpaired) electrons. The van der Waals surface area contributed by atoms with Gasteiger partial charge in [-0.3, -0.25) is 4.79 Å². The van der Waals surface area contributed by atoms with Crippen molar-refractivity contribution in [2.24, 2.45) is 17.8 Å². The Hall–Kier alpha value is -4.12. The molecule has 8 nitrogen and oxygen atoms in total. The van der Waals surface area contributed by atoms with Crippen molar-refractivity contribution in [3.05, 3.63) is 66.4 Å². The van der Waals surface area contributed by atoms with Crippen LogP contribution in [0, 0.1) is 29.1 Å². The molecule has 1 aromatic heterocycles. The number of fused-ring (bicyclic) bond motifs is 2. The zero-order valence-electron chi connectivity index (χ0n) is 28.4. The van der Waals surface area contributed by atoms with E-state index in [1.807, 2.05) is 0 Å². The van der Waals surface area contributed by atoms with Crippen molar-refractivity contribution < 1.29 is 9.53 Å². The average Bonchev–Trinajstić information content (AvgIpc) is 3.60. The highest BCUT2D eigenvalue weighted by atomic mass is 16.5. The summed E-state index contributed by atoms with van der Waals surface area (Å²) < 4.78 is 6.50. The van der Waals surface area contributed by atoms with Gasteiger partial charge in [0.25, 0.3) is 0 Å². The standard InChI is InChI=1S/C40H50N6O2/c1-2-38(47)46-24-23-45(26-33(46)19-21-41)39-35-20-22-44(37-14-8-12-32-11-6-7-13-34(32)37)27-36(35)42-40(43-39)48-28-31-18-17-30(25-31)16-15-29-9-4-3-5-10-29/h2,6-8,11-14,29-31,33H,1,3-5,9-10,15-20,22-28H2. The molecule has 2 aliphatic heterocycles. The zero-order valence-corrected chi connectivity index (χ0v) is 28.4.